The summed E-state index contributed by atoms with van der Waals surface area (Å²) in [5, 5.41) is 18.4. The van der Waals surface area contributed by atoms with Gasteiger partial charge in [-0.1, -0.05) is 0 Å². The van der Waals surface area contributed by atoms with E-state index in [9.17, 15) is 62.9 Å². The van der Waals surface area contributed by atoms with Gasteiger partial charge in [0.15, 0.2) is 0 Å². The molecule has 0 atom stereocenters. The molecule has 30 heavy (non-hydrogen) atoms. The minimum Gasteiger partial charge on any atom is -0.508 e. The van der Waals surface area contributed by atoms with Gasteiger partial charge in [0, 0.05) is 11.1 Å². The molecule has 2 aromatic carbocycles. The Bertz CT molecular complexity index is 815. The van der Waals surface area contributed by atoms with Crippen LogP contribution in [0.25, 0.3) is 11.1 Å². The summed E-state index contributed by atoms with van der Waals surface area (Å²) < 4.78 is 160. The number of halogens is 12. The Morgan fingerprint density at radius 3 is 0.700 bits per heavy atom. The van der Waals surface area contributed by atoms with E-state index in [2.05, 4.69) is 0 Å². The van der Waals surface area contributed by atoms with Gasteiger partial charge in [0.25, 0.3) is 0 Å². The zero-order valence-corrected chi connectivity index (χ0v) is 13.7. The Morgan fingerprint density at radius 2 is 0.567 bits per heavy atom. The van der Waals surface area contributed by atoms with Crippen molar-refractivity contribution in [3.63, 3.8) is 0 Å². The Labute approximate surface area is 158 Å². The Balaban J connectivity index is 3.26. The van der Waals surface area contributed by atoms with Gasteiger partial charge in [-0.2, -0.15) is 52.7 Å². The molecule has 0 saturated heterocycles. The Hall–Kier alpha value is -2.80. The smallest absolute Gasteiger partial charge is 0.417 e. The first-order chi connectivity index (χ1) is 13.2. The maximum atomic E-state index is 13.3. The van der Waals surface area contributed by atoms with Crippen molar-refractivity contribution in [2.75, 3.05) is 0 Å². The zero-order valence-electron chi connectivity index (χ0n) is 13.7. The van der Waals surface area contributed by atoms with Crippen LogP contribution in [0.2, 0.25) is 0 Å². The number of benzene rings is 2. The minimum absolute atomic E-state index is 0.433. The molecule has 0 aliphatic rings. The van der Waals surface area contributed by atoms with Crippen molar-refractivity contribution >= 4 is 0 Å². The summed E-state index contributed by atoms with van der Waals surface area (Å²) in [6.45, 7) is 0. The second-order valence-electron chi connectivity index (χ2n) is 5.82. The summed E-state index contributed by atoms with van der Waals surface area (Å²) >= 11 is 0. The first-order valence-corrected chi connectivity index (χ1v) is 7.27. The normalized spacial score (nSPS) is 13.6. The van der Waals surface area contributed by atoms with Crippen molar-refractivity contribution in [3.05, 3.63) is 46.5 Å². The number of phenols is 2. The van der Waals surface area contributed by atoms with Crippen molar-refractivity contribution in [2.24, 2.45) is 0 Å². The average Bonchev–Trinajstić information content (AvgIpc) is 2.50. The molecule has 2 nitrogen and oxygen atoms in total. The first kappa shape index (κ1) is 23.5. The second-order valence-corrected chi connectivity index (χ2v) is 5.82. The largest absolute Gasteiger partial charge is 0.508 e. The number of phenolic OH excluding ortho intramolecular Hbond substituents is 2. The monoisotopic (exact) mass is 458 g/mol. The van der Waals surface area contributed by atoms with E-state index in [0.29, 0.717) is 0 Å². The van der Waals surface area contributed by atoms with Crippen LogP contribution in [0.1, 0.15) is 22.3 Å². The van der Waals surface area contributed by atoms with Gasteiger partial charge < -0.3 is 10.2 Å². The fourth-order valence-electron chi connectivity index (χ4n) is 2.69. The van der Waals surface area contributed by atoms with Gasteiger partial charge in [0.1, 0.15) is 11.5 Å². The third kappa shape index (κ3) is 4.51. The maximum Gasteiger partial charge on any atom is 0.417 e. The number of alkyl halides is 12. The van der Waals surface area contributed by atoms with Crippen molar-refractivity contribution in [1.82, 2.24) is 0 Å². The third-order valence-electron chi connectivity index (χ3n) is 3.72. The summed E-state index contributed by atoms with van der Waals surface area (Å²) in [5.74, 6) is -3.39. The topological polar surface area (TPSA) is 40.5 Å². The molecular formula is C16H6F12O2. The number of hydrogen-bond acceptors (Lipinski definition) is 2. The third-order valence-corrected chi connectivity index (χ3v) is 3.72. The van der Waals surface area contributed by atoms with Gasteiger partial charge in [0.05, 0.1) is 22.3 Å². The Kier molecular flexibility index (Phi) is 5.38. The predicted molar refractivity (Wildman–Crippen MR) is 75.2 cm³/mol. The lowest BCUT2D eigenvalue weighted by molar-refractivity contribution is -0.146. The molecule has 0 bridgehead atoms. The minimum atomic E-state index is -5.89. The molecule has 0 aliphatic heterocycles. The summed E-state index contributed by atoms with van der Waals surface area (Å²) in [5.41, 5.74) is -15.3. The van der Waals surface area contributed by atoms with Crippen LogP contribution in [-0.4, -0.2) is 10.2 Å². The molecule has 2 aromatic rings. The van der Waals surface area contributed by atoms with Gasteiger partial charge in [-0.3, -0.25) is 0 Å². The van der Waals surface area contributed by atoms with Gasteiger partial charge in [-0.15, -0.1) is 0 Å². The molecule has 0 spiro atoms. The number of hydrogen-bond donors (Lipinski definition) is 2. The van der Waals surface area contributed by atoms with Crippen LogP contribution in [0.5, 0.6) is 11.5 Å². The van der Waals surface area contributed by atoms with E-state index < -0.39 is 93.9 Å². The fraction of sp³-hybridized carbons (Fsp3) is 0.250. The molecule has 14 heteroatoms. The highest BCUT2D eigenvalue weighted by atomic mass is 19.4. The van der Waals surface area contributed by atoms with E-state index in [0.717, 1.165) is 0 Å². The molecule has 0 radical (unpaired) electrons. The summed E-state index contributed by atoms with van der Waals surface area (Å²) in [6.07, 6.45) is -23.6. The number of rotatable bonds is 1. The second kappa shape index (κ2) is 6.87. The lowest BCUT2D eigenvalue weighted by atomic mass is 9.86. The molecule has 166 valence electrons. The highest BCUT2D eigenvalue weighted by Gasteiger charge is 2.48. The van der Waals surface area contributed by atoms with Crippen LogP contribution in [0.4, 0.5) is 52.7 Å². The molecule has 0 heterocycles. The Morgan fingerprint density at radius 1 is 0.400 bits per heavy atom. The summed E-state index contributed by atoms with van der Waals surface area (Å²) in [7, 11) is 0. The zero-order chi connectivity index (χ0) is 23.4. The average molecular weight is 458 g/mol. The van der Waals surface area contributed by atoms with Crippen molar-refractivity contribution < 1.29 is 62.9 Å². The standard InChI is InChI=1S/C16H6F12O2/c17-13(18,19)7-1-5(29)2-8(14(20,21)22)11(7)12-9(15(23,24)25)3-6(30)4-10(12)16(26,27)28/h1-4,29-30H. The highest BCUT2D eigenvalue weighted by Crippen LogP contribution is 2.53. The van der Waals surface area contributed by atoms with Crippen LogP contribution in [0, 0.1) is 0 Å². The summed E-state index contributed by atoms with van der Waals surface area (Å²) in [4.78, 5) is 0. The van der Waals surface area contributed by atoms with Crippen LogP contribution in [0.15, 0.2) is 24.3 Å². The van der Waals surface area contributed by atoms with Gasteiger partial charge in [0.2, 0.25) is 0 Å². The van der Waals surface area contributed by atoms with Crippen LogP contribution in [0.3, 0.4) is 0 Å². The van der Waals surface area contributed by atoms with E-state index in [1.165, 1.54) is 0 Å². The van der Waals surface area contributed by atoms with Crippen LogP contribution in [-0.2, 0) is 24.7 Å². The van der Waals surface area contributed by atoms with Gasteiger partial charge in [-0.05, 0) is 24.3 Å². The van der Waals surface area contributed by atoms with Crippen molar-refractivity contribution in [1.29, 1.82) is 0 Å². The highest BCUT2D eigenvalue weighted by molar-refractivity contribution is 5.80. The first-order valence-electron chi connectivity index (χ1n) is 7.27. The molecule has 0 aliphatic carbocycles. The maximum absolute atomic E-state index is 13.3. The van der Waals surface area contributed by atoms with E-state index in [1.54, 1.807) is 0 Å². The molecule has 0 amide bonds. The lowest BCUT2D eigenvalue weighted by Gasteiger charge is -2.25. The molecule has 2 rings (SSSR count). The SMILES string of the molecule is Oc1cc(C(F)(F)F)c(-c2c(C(F)(F)F)cc(O)cc2C(F)(F)F)c(C(F)(F)F)c1. The van der Waals surface area contributed by atoms with Crippen molar-refractivity contribution in [2.45, 2.75) is 24.7 Å². The van der Waals surface area contributed by atoms with Gasteiger partial charge >= 0.3 is 24.7 Å². The van der Waals surface area contributed by atoms with Crippen LogP contribution >= 0.6 is 0 Å². The molecule has 0 aromatic heterocycles. The van der Waals surface area contributed by atoms with Crippen LogP contribution < -0.4 is 0 Å². The molecule has 0 fully saturated rings. The quantitative estimate of drug-likeness (QED) is 0.460. The van der Waals surface area contributed by atoms with E-state index >= 15 is 0 Å². The molecule has 0 unspecified atom stereocenters. The van der Waals surface area contributed by atoms with Gasteiger partial charge in [-0.25, -0.2) is 0 Å². The van der Waals surface area contributed by atoms with E-state index in [1.807, 2.05) is 0 Å². The molecule has 0 saturated carbocycles. The van der Waals surface area contributed by atoms with E-state index in [-0.39, 0.29) is 0 Å². The number of aromatic hydroxyl groups is 2. The summed E-state index contributed by atoms with van der Waals surface area (Å²) in [6, 6.07) is -1.73. The predicted octanol–water partition coefficient (Wildman–Crippen LogP) is 6.84. The molecule has 2 N–H and O–H groups in total. The fourth-order valence-corrected chi connectivity index (χ4v) is 2.69. The van der Waals surface area contributed by atoms with Crippen molar-refractivity contribution in [3.8, 4) is 22.6 Å². The lowest BCUT2D eigenvalue weighted by Crippen LogP contribution is -2.20. The van der Waals surface area contributed by atoms with E-state index in [4.69, 9.17) is 0 Å². The molecular weight excluding hydrogens is 452 g/mol.